The van der Waals surface area contributed by atoms with E-state index in [-0.39, 0.29) is 12.2 Å². The molecule has 0 aliphatic carbocycles. The molecular formula is C22H22BrNO3. The molecule has 140 valence electrons. The van der Waals surface area contributed by atoms with Gasteiger partial charge in [-0.25, -0.2) is 0 Å². The van der Waals surface area contributed by atoms with E-state index < -0.39 is 5.97 Å². The van der Waals surface area contributed by atoms with E-state index in [9.17, 15) is 9.59 Å². The van der Waals surface area contributed by atoms with E-state index in [1.165, 1.54) is 0 Å². The molecule has 0 amide bonds. The second-order valence-corrected chi connectivity index (χ2v) is 6.60. The van der Waals surface area contributed by atoms with Crippen molar-refractivity contribution >= 4 is 27.7 Å². The first kappa shape index (κ1) is 20.6. The number of ketones is 1. The Hall–Kier alpha value is -2.66. The van der Waals surface area contributed by atoms with Crippen molar-refractivity contribution in [1.82, 2.24) is 4.57 Å². The molecule has 4 nitrogen and oxygen atoms in total. The molecule has 0 saturated heterocycles. The van der Waals surface area contributed by atoms with Crippen LogP contribution >= 0.6 is 15.9 Å². The van der Waals surface area contributed by atoms with Gasteiger partial charge in [0.05, 0.1) is 12.1 Å². The number of hydrogen-bond acceptors (Lipinski definition) is 2. The number of aromatic nitrogens is 1. The fourth-order valence-electron chi connectivity index (χ4n) is 2.72. The van der Waals surface area contributed by atoms with Gasteiger partial charge >= 0.3 is 5.97 Å². The zero-order chi connectivity index (χ0) is 19.8. The minimum absolute atomic E-state index is 0.125. The minimum Gasteiger partial charge on any atom is -0.481 e. The van der Waals surface area contributed by atoms with E-state index in [4.69, 9.17) is 5.11 Å². The first-order valence-electron chi connectivity index (χ1n) is 8.79. The lowest BCUT2D eigenvalue weighted by Gasteiger charge is -2.13. The Morgan fingerprint density at radius 1 is 0.926 bits per heavy atom. The van der Waals surface area contributed by atoms with Gasteiger partial charge in [-0.2, -0.15) is 0 Å². The molecule has 0 spiro atoms. The van der Waals surface area contributed by atoms with Crippen LogP contribution in [0.1, 0.15) is 41.2 Å². The molecule has 5 heteroatoms. The minimum atomic E-state index is -0.921. The van der Waals surface area contributed by atoms with E-state index in [0.29, 0.717) is 23.5 Å². The smallest absolute Gasteiger partial charge is 0.309 e. The predicted molar refractivity (Wildman–Crippen MR) is 110 cm³/mol. The normalized spacial score (nSPS) is 10.0. The summed E-state index contributed by atoms with van der Waals surface area (Å²) in [6, 6.07) is 20.2. The Morgan fingerprint density at radius 3 is 2.15 bits per heavy atom. The molecular weight excluding hydrogens is 406 g/mol. The van der Waals surface area contributed by atoms with Crippen LogP contribution in [0, 0.1) is 0 Å². The van der Waals surface area contributed by atoms with Crippen molar-refractivity contribution in [1.29, 1.82) is 0 Å². The third-order valence-corrected chi connectivity index (χ3v) is 4.45. The van der Waals surface area contributed by atoms with E-state index in [1.807, 2.05) is 56.3 Å². The third kappa shape index (κ3) is 5.41. The van der Waals surface area contributed by atoms with Gasteiger partial charge in [-0.15, -0.1) is 0 Å². The van der Waals surface area contributed by atoms with Crippen molar-refractivity contribution in [2.75, 3.05) is 0 Å². The van der Waals surface area contributed by atoms with Crippen molar-refractivity contribution in [3.63, 3.8) is 0 Å². The van der Waals surface area contributed by atoms with Crippen LogP contribution in [0.5, 0.6) is 0 Å². The lowest BCUT2D eigenvalue weighted by atomic mass is 10.1. The fraction of sp³-hybridized carbons (Fsp3) is 0.182. The largest absolute Gasteiger partial charge is 0.481 e. The standard InChI is InChI=1S/C20H16BrNO3.C2H6/c21-16-8-6-15(7-9-16)20(25)18-11-10-17(12-19(23)24)22(18)13-14-4-2-1-3-5-14;1-2/h1-11H,12-13H2,(H,23,24);1-2H3. The molecule has 2 aromatic carbocycles. The first-order chi connectivity index (χ1) is 13.0. The molecule has 0 aliphatic heterocycles. The van der Waals surface area contributed by atoms with Crippen LogP contribution in [0.2, 0.25) is 0 Å². The van der Waals surface area contributed by atoms with Crippen molar-refractivity contribution in [3.05, 3.63) is 93.7 Å². The first-order valence-corrected chi connectivity index (χ1v) is 9.58. The number of benzene rings is 2. The van der Waals surface area contributed by atoms with E-state index in [1.54, 1.807) is 28.8 Å². The van der Waals surface area contributed by atoms with Gasteiger partial charge in [-0.1, -0.05) is 60.1 Å². The molecule has 3 rings (SSSR count). The second kappa shape index (κ2) is 9.88. The molecule has 0 saturated carbocycles. The van der Waals surface area contributed by atoms with Gasteiger partial charge < -0.3 is 9.67 Å². The highest BCUT2D eigenvalue weighted by atomic mass is 79.9. The molecule has 0 bridgehead atoms. The molecule has 0 atom stereocenters. The summed E-state index contributed by atoms with van der Waals surface area (Å²) < 4.78 is 2.68. The Kier molecular flexibility index (Phi) is 7.55. The number of halogens is 1. The molecule has 27 heavy (non-hydrogen) atoms. The second-order valence-electron chi connectivity index (χ2n) is 5.69. The topological polar surface area (TPSA) is 59.3 Å². The number of aliphatic carboxylic acids is 1. The number of hydrogen-bond donors (Lipinski definition) is 1. The van der Waals surface area contributed by atoms with Gasteiger partial charge in [-0.3, -0.25) is 9.59 Å². The summed E-state index contributed by atoms with van der Waals surface area (Å²) in [4.78, 5) is 24.0. The number of carboxylic acids is 1. The summed E-state index contributed by atoms with van der Waals surface area (Å²) in [5.41, 5.74) is 2.67. The highest BCUT2D eigenvalue weighted by Gasteiger charge is 2.18. The monoisotopic (exact) mass is 427 g/mol. The highest BCUT2D eigenvalue weighted by molar-refractivity contribution is 9.10. The van der Waals surface area contributed by atoms with Gasteiger partial charge in [0.25, 0.3) is 0 Å². The molecule has 0 radical (unpaired) electrons. The van der Waals surface area contributed by atoms with E-state index >= 15 is 0 Å². The summed E-state index contributed by atoms with van der Waals surface area (Å²) in [5.74, 6) is -1.05. The maximum atomic E-state index is 12.9. The van der Waals surface area contributed by atoms with Gasteiger partial charge in [-0.05, 0) is 42.0 Å². The lowest BCUT2D eigenvalue weighted by molar-refractivity contribution is -0.136. The Bertz CT molecular complexity index is 899. The Morgan fingerprint density at radius 2 is 1.56 bits per heavy atom. The Balaban J connectivity index is 0.00000126. The molecule has 0 unspecified atom stereocenters. The van der Waals surface area contributed by atoms with Crippen molar-refractivity contribution < 1.29 is 14.7 Å². The van der Waals surface area contributed by atoms with Crippen LogP contribution in [0.15, 0.2) is 71.2 Å². The van der Waals surface area contributed by atoms with Crippen LogP contribution in [0.3, 0.4) is 0 Å². The molecule has 1 heterocycles. The summed E-state index contributed by atoms with van der Waals surface area (Å²) in [6.07, 6.45) is -0.125. The van der Waals surface area contributed by atoms with Crippen LogP contribution in [-0.4, -0.2) is 21.4 Å². The lowest BCUT2D eigenvalue weighted by Crippen LogP contribution is -2.15. The quantitative estimate of drug-likeness (QED) is 0.551. The molecule has 3 aromatic rings. The SMILES string of the molecule is CC.O=C(O)Cc1ccc(C(=O)c2ccc(Br)cc2)n1Cc1ccccc1. The average molecular weight is 428 g/mol. The van der Waals surface area contributed by atoms with Crippen molar-refractivity contribution in [3.8, 4) is 0 Å². The van der Waals surface area contributed by atoms with Gasteiger partial charge in [0.1, 0.15) is 0 Å². The zero-order valence-corrected chi connectivity index (χ0v) is 16.9. The van der Waals surface area contributed by atoms with Gasteiger partial charge in [0, 0.05) is 22.3 Å². The van der Waals surface area contributed by atoms with Crippen LogP contribution in [-0.2, 0) is 17.8 Å². The highest BCUT2D eigenvalue weighted by Crippen LogP contribution is 2.19. The zero-order valence-electron chi connectivity index (χ0n) is 15.4. The third-order valence-electron chi connectivity index (χ3n) is 3.93. The van der Waals surface area contributed by atoms with Gasteiger partial charge in [0.15, 0.2) is 0 Å². The maximum Gasteiger partial charge on any atom is 0.309 e. The molecule has 1 aromatic heterocycles. The summed E-state index contributed by atoms with van der Waals surface area (Å²) in [6.45, 7) is 4.45. The van der Waals surface area contributed by atoms with Crippen LogP contribution in [0.4, 0.5) is 0 Å². The number of carbonyl (C=O) groups excluding carboxylic acids is 1. The molecule has 1 N–H and O–H groups in total. The van der Waals surface area contributed by atoms with Crippen LogP contribution < -0.4 is 0 Å². The van der Waals surface area contributed by atoms with Gasteiger partial charge in [0.2, 0.25) is 5.78 Å². The van der Waals surface area contributed by atoms with Crippen LogP contribution in [0.25, 0.3) is 0 Å². The fourth-order valence-corrected chi connectivity index (χ4v) is 2.98. The predicted octanol–water partition coefficient (Wildman–Crippen LogP) is 5.18. The maximum absolute atomic E-state index is 12.9. The number of carboxylic acid groups (broad SMARTS) is 1. The van der Waals surface area contributed by atoms with Crippen molar-refractivity contribution in [2.24, 2.45) is 0 Å². The van der Waals surface area contributed by atoms with E-state index in [2.05, 4.69) is 15.9 Å². The van der Waals surface area contributed by atoms with E-state index in [0.717, 1.165) is 10.0 Å². The van der Waals surface area contributed by atoms with Crippen molar-refractivity contribution in [2.45, 2.75) is 26.8 Å². The molecule has 0 aliphatic rings. The summed E-state index contributed by atoms with van der Waals surface area (Å²) in [7, 11) is 0. The Labute approximate surface area is 167 Å². The number of carbonyl (C=O) groups is 2. The molecule has 0 fully saturated rings. The summed E-state index contributed by atoms with van der Waals surface area (Å²) in [5, 5.41) is 9.15. The average Bonchev–Trinajstić information content (AvgIpc) is 3.06. The number of rotatable bonds is 6. The summed E-state index contributed by atoms with van der Waals surface area (Å²) >= 11 is 3.36. The number of nitrogens with zero attached hydrogens (tertiary/aromatic N) is 1.